The summed E-state index contributed by atoms with van der Waals surface area (Å²) in [6.45, 7) is 4.50. The third kappa shape index (κ3) is 3.10. The first-order valence-corrected chi connectivity index (χ1v) is 4.86. The fraction of sp³-hybridized carbons (Fsp3) is 0.500. The van der Waals surface area contributed by atoms with Gasteiger partial charge in [-0.1, -0.05) is 26.0 Å². The van der Waals surface area contributed by atoms with Crippen molar-refractivity contribution < 1.29 is 0 Å². The number of benzene rings is 1. The van der Waals surface area contributed by atoms with E-state index < -0.39 is 0 Å². The maximum atomic E-state index is 2.25. The molecule has 1 nitrogen and oxygen atoms in total. The molecule has 0 atom stereocenters. The van der Waals surface area contributed by atoms with Crippen LogP contribution < -0.4 is 4.90 Å². The monoisotopic (exact) mass is 177 g/mol. The van der Waals surface area contributed by atoms with Gasteiger partial charge in [0.2, 0.25) is 0 Å². The molecule has 0 N–H and O–H groups in total. The zero-order valence-electron chi connectivity index (χ0n) is 9.04. The Kier molecular flexibility index (Phi) is 3.35. The summed E-state index contributed by atoms with van der Waals surface area (Å²) in [5.41, 5.74) is 2.70. The summed E-state index contributed by atoms with van der Waals surface area (Å²) < 4.78 is 0. The van der Waals surface area contributed by atoms with E-state index in [0.29, 0.717) is 0 Å². The quantitative estimate of drug-likeness (QED) is 0.686. The van der Waals surface area contributed by atoms with Crippen molar-refractivity contribution in [1.29, 1.82) is 0 Å². The normalized spacial score (nSPS) is 10.5. The molecular formula is C12H19N. The maximum absolute atomic E-state index is 2.25. The Hall–Kier alpha value is -0.980. The molecule has 72 valence electrons. The van der Waals surface area contributed by atoms with Crippen LogP contribution in [0.5, 0.6) is 0 Å². The van der Waals surface area contributed by atoms with E-state index >= 15 is 0 Å². The van der Waals surface area contributed by atoms with E-state index in [-0.39, 0.29) is 0 Å². The molecule has 0 saturated carbocycles. The van der Waals surface area contributed by atoms with Crippen LogP contribution in [0.15, 0.2) is 24.3 Å². The van der Waals surface area contributed by atoms with Gasteiger partial charge in [-0.05, 0) is 30.0 Å². The molecule has 0 aromatic heterocycles. The van der Waals surface area contributed by atoms with Gasteiger partial charge < -0.3 is 4.90 Å². The Balaban J connectivity index is 2.70. The van der Waals surface area contributed by atoms with Crippen molar-refractivity contribution >= 4 is 5.69 Å². The summed E-state index contributed by atoms with van der Waals surface area (Å²) in [7, 11) is 4.13. The smallest absolute Gasteiger partial charge is 0.0361 e. The first-order chi connectivity index (χ1) is 6.09. The molecular weight excluding hydrogens is 158 g/mol. The van der Waals surface area contributed by atoms with Crippen LogP contribution in [0.1, 0.15) is 19.4 Å². The van der Waals surface area contributed by atoms with Gasteiger partial charge in [-0.2, -0.15) is 0 Å². The second kappa shape index (κ2) is 4.31. The molecule has 0 saturated heterocycles. The molecule has 0 radical (unpaired) electrons. The lowest BCUT2D eigenvalue weighted by molar-refractivity contribution is 0.647. The van der Waals surface area contributed by atoms with Gasteiger partial charge in [0.1, 0.15) is 0 Å². The van der Waals surface area contributed by atoms with E-state index in [1.807, 2.05) is 0 Å². The first kappa shape index (κ1) is 10.1. The second-order valence-electron chi connectivity index (χ2n) is 4.16. The Morgan fingerprint density at radius 1 is 1.08 bits per heavy atom. The Bertz CT molecular complexity index is 246. The van der Waals surface area contributed by atoms with E-state index in [2.05, 4.69) is 57.1 Å². The number of rotatable bonds is 3. The molecule has 1 rings (SSSR count). The standard InChI is InChI=1S/C12H19N/c1-10(2)9-11-5-7-12(8-6-11)13(3)4/h5-8,10H,9H2,1-4H3. The van der Waals surface area contributed by atoms with Crippen LogP contribution in [-0.2, 0) is 6.42 Å². The second-order valence-corrected chi connectivity index (χ2v) is 4.16. The van der Waals surface area contributed by atoms with Gasteiger partial charge in [0, 0.05) is 19.8 Å². The van der Waals surface area contributed by atoms with Crippen molar-refractivity contribution in [3.8, 4) is 0 Å². The molecule has 0 unspecified atom stereocenters. The molecule has 1 aromatic carbocycles. The summed E-state index contributed by atoms with van der Waals surface area (Å²) in [6, 6.07) is 8.79. The third-order valence-corrected chi connectivity index (χ3v) is 2.10. The van der Waals surface area contributed by atoms with Crippen LogP contribution in [-0.4, -0.2) is 14.1 Å². The highest BCUT2D eigenvalue weighted by Gasteiger charge is 1.98. The zero-order valence-corrected chi connectivity index (χ0v) is 9.04. The Labute approximate surface area is 81.4 Å². The maximum Gasteiger partial charge on any atom is 0.0361 e. The van der Waals surface area contributed by atoms with E-state index in [9.17, 15) is 0 Å². The number of hydrogen-bond donors (Lipinski definition) is 0. The minimum Gasteiger partial charge on any atom is -0.378 e. The molecule has 0 aliphatic rings. The van der Waals surface area contributed by atoms with Crippen LogP contribution in [0.3, 0.4) is 0 Å². The summed E-state index contributed by atoms with van der Waals surface area (Å²) in [4.78, 5) is 2.12. The predicted molar refractivity (Wildman–Crippen MR) is 59.3 cm³/mol. The molecule has 0 aliphatic carbocycles. The Morgan fingerprint density at radius 2 is 1.62 bits per heavy atom. The fourth-order valence-electron chi connectivity index (χ4n) is 1.40. The van der Waals surface area contributed by atoms with Gasteiger partial charge in [0.25, 0.3) is 0 Å². The van der Waals surface area contributed by atoms with E-state index in [1.165, 1.54) is 17.7 Å². The van der Waals surface area contributed by atoms with Crippen molar-refractivity contribution in [1.82, 2.24) is 0 Å². The topological polar surface area (TPSA) is 3.24 Å². The van der Waals surface area contributed by atoms with Gasteiger partial charge in [-0.15, -0.1) is 0 Å². The summed E-state index contributed by atoms with van der Waals surface area (Å²) >= 11 is 0. The summed E-state index contributed by atoms with van der Waals surface area (Å²) in [6.07, 6.45) is 1.17. The minimum atomic E-state index is 0.741. The average Bonchev–Trinajstić information content (AvgIpc) is 2.04. The molecule has 1 aromatic rings. The molecule has 1 heteroatoms. The number of anilines is 1. The van der Waals surface area contributed by atoms with E-state index in [0.717, 1.165) is 5.92 Å². The number of nitrogens with zero attached hydrogens (tertiary/aromatic N) is 1. The van der Waals surface area contributed by atoms with Gasteiger partial charge >= 0.3 is 0 Å². The SMILES string of the molecule is CC(C)Cc1ccc(N(C)C)cc1. The van der Waals surface area contributed by atoms with Crippen LogP contribution in [0.4, 0.5) is 5.69 Å². The Morgan fingerprint density at radius 3 is 2.00 bits per heavy atom. The first-order valence-electron chi connectivity index (χ1n) is 4.86. The molecule has 0 fully saturated rings. The highest BCUT2D eigenvalue weighted by molar-refractivity contribution is 5.45. The highest BCUT2D eigenvalue weighted by atomic mass is 15.1. The van der Waals surface area contributed by atoms with Crippen LogP contribution in [0.2, 0.25) is 0 Å². The fourth-order valence-corrected chi connectivity index (χ4v) is 1.40. The minimum absolute atomic E-state index is 0.741. The lowest BCUT2D eigenvalue weighted by Crippen LogP contribution is -2.08. The van der Waals surface area contributed by atoms with Gasteiger partial charge in [-0.3, -0.25) is 0 Å². The zero-order chi connectivity index (χ0) is 9.84. The largest absolute Gasteiger partial charge is 0.378 e. The highest BCUT2D eigenvalue weighted by Crippen LogP contribution is 2.14. The van der Waals surface area contributed by atoms with Gasteiger partial charge in [0.15, 0.2) is 0 Å². The molecule has 0 aliphatic heterocycles. The van der Waals surface area contributed by atoms with Crippen molar-refractivity contribution in [2.75, 3.05) is 19.0 Å². The van der Waals surface area contributed by atoms with Crippen molar-refractivity contribution in [3.63, 3.8) is 0 Å². The molecule has 0 spiro atoms. The molecule has 0 amide bonds. The van der Waals surface area contributed by atoms with Crippen LogP contribution >= 0.6 is 0 Å². The van der Waals surface area contributed by atoms with E-state index in [1.54, 1.807) is 0 Å². The van der Waals surface area contributed by atoms with Crippen molar-refractivity contribution in [2.24, 2.45) is 5.92 Å². The lowest BCUT2D eigenvalue weighted by atomic mass is 10.0. The van der Waals surface area contributed by atoms with E-state index in [4.69, 9.17) is 0 Å². The molecule has 13 heavy (non-hydrogen) atoms. The molecule has 0 heterocycles. The summed E-state index contributed by atoms with van der Waals surface area (Å²) in [5.74, 6) is 0.741. The lowest BCUT2D eigenvalue weighted by Gasteiger charge is -2.13. The van der Waals surface area contributed by atoms with Crippen molar-refractivity contribution in [3.05, 3.63) is 29.8 Å². The van der Waals surface area contributed by atoms with Gasteiger partial charge in [0.05, 0.1) is 0 Å². The van der Waals surface area contributed by atoms with Crippen LogP contribution in [0.25, 0.3) is 0 Å². The molecule has 0 bridgehead atoms. The van der Waals surface area contributed by atoms with Crippen LogP contribution in [0, 0.1) is 5.92 Å². The third-order valence-electron chi connectivity index (χ3n) is 2.10. The van der Waals surface area contributed by atoms with Gasteiger partial charge in [-0.25, -0.2) is 0 Å². The predicted octanol–water partition coefficient (Wildman–Crippen LogP) is 2.95. The van der Waals surface area contributed by atoms with Crippen molar-refractivity contribution in [2.45, 2.75) is 20.3 Å². The summed E-state index contributed by atoms with van der Waals surface area (Å²) in [5, 5.41) is 0. The average molecular weight is 177 g/mol. The number of hydrogen-bond acceptors (Lipinski definition) is 1.